The van der Waals surface area contributed by atoms with Crippen LogP contribution in [-0.4, -0.2) is 62.4 Å². The van der Waals surface area contributed by atoms with Crippen LogP contribution in [0, 0.1) is 35.5 Å². The third-order valence-corrected chi connectivity index (χ3v) is 14.2. The van der Waals surface area contributed by atoms with Crippen LogP contribution in [0.4, 0.5) is 5.69 Å². The lowest BCUT2D eigenvalue weighted by Crippen LogP contribution is -2.60. The van der Waals surface area contributed by atoms with Crippen molar-refractivity contribution in [3.8, 4) is 5.75 Å². The predicted octanol–water partition coefficient (Wildman–Crippen LogP) is 9.64. The summed E-state index contributed by atoms with van der Waals surface area (Å²) >= 11 is 0. The number of carbonyl (C=O) groups excluding carboxylic acids is 1. The Balaban J connectivity index is 0.891. The average molecular weight is 707 g/mol. The second-order valence-corrected chi connectivity index (χ2v) is 16.9. The van der Waals surface area contributed by atoms with Crippen LogP contribution in [0.3, 0.4) is 0 Å². The quantitative estimate of drug-likeness (QED) is 0.132. The minimum Gasteiger partial charge on any atom is -0.490 e. The van der Waals surface area contributed by atoms with Crippen molar-refractivity contribution in [2.75, 3.05) is 38.2 Å². The van der Waals surface area contributed by atoms with Gasteiger partial charge in [-0.05, 0) is 122 Å². The van der Waals surface area contributed by atoms with E-state index in [4.69, 9.17) is 14.2 Å². The second-order valence-electron chi connectivity index (χ2n) is 16.9. The summed E-state index contributed by atoms with van der Waals surface area (Å²) in [5.74, 6) is 6.06. The van der Waals surface area contributed by atoms with Crippen LogP contribution in [0.25, 0.3) is 0 Å². The minimum absolute atomic E-state index is 0.240. The first-order chi connectivity index (χ1) is 25.5. The lowest BCUT2D eigenvalue weighted by atomic mass is 9.55. The normalized spacial score (nSPS) is 32.8. The number of hydrogen-bond donors (Lipinski definition) is 0. The van der Waals surface area contributed by atoms with E-state index in [0.717, 1.165) is 74.9 Å². The van der Waals surface area contributed by atoms with E-state index in [0.29, 0.717) is 29.2 Å². The number of unbranched alkanes of at least 4 members (excludes halogenated alkanes) is 3. The summed E-state index contributed by atoms with van der Waals surface area (Å²) in [6.45, 7) is 8.53. The maximum atomic E-state index is 12.9. The number of nitrogens with zero attached hydrogens (tertiary/aromatic N) is 2. The second kappa shape index (κ2) is 16.1. The van der Waals surface area contributed by atoms with Crippen molar-refractivity contribution >= 4 is 11.7 Å². The molecule has 0 amide bonds. The number of ether oxygens (including phenoxy) is 3. The molecule has 4 saturated carbocycles. The highest BCUT2D eigenvalue weighted by atomic mass is 16.5. The number of methoxy groups -OCH3 is 1. The van der Waals surface area contributed by atoms with Crippen LogP contribution in [0.2, 0.25) is 0 Å². The van der Waals surface area contributed by atoms with Crippen molar-refractivity contribution < 1.29 is 19.0 Å². The van der Waals surface area contributed by atoms with Gasteiger partial charge in [-0.2, -0.15) is 0 Å². The van der Waals surface area contributed by atoms with Crippen molar-refractivity contribution in [2.45, 2.75) is 116 Å². The number of piperazine rings is 1. The fraction of sp³-hybridized carbons (Fsp3) is 0.630. The van der Waals surface area contributed by atoms with Crippen LogP contribution in [0.15, 0.2) is 72.0 Å². The van der Waals surface area contributed by atoms with Gasteiger partial charge in [-0.1, -0.05) is 70.6 Å². The molecule has 0 aromatic heterocycles. The Bertz CT molecular complexity index is 1570. The fourth-order valence-electron chi connectivity index (χ4n) is 11.6. The first-order valence-electron chi connectivity index (χ1n) is 21.0. The smallest absolute Gasteiger partial charge is 0.343 e. The lowest BCUT2D eigenvalue weighted by molar-refractivity contribution is -0.108. The zero-order valence-corrected chi connectivity index (χ0v) is 32.0. The Labute approximate surface area is 313 Å². The molecule has 280 valence electrons. The highest BCUT2D eigenvalue weighted by Gasteiger charge is 2.59. The summed E-state index contributed by atoms with van der Waals surface area (Å²) in [6, 6.07) is 16.5. The van der Waals surface area contributed by atoms with Gasteiger partial charge < -0.3 is 19.1 Å². The Kier molecular flexibility index (Phi) is 11.1. The Morgan fingerprint density at radius 1 is 0.827 bits per heavy atom. The molecule has 0 radical (unpaired) electrons. The van der Waals surface area contributed by atoms with Gasteiger partial charge in [0, 0.05) is 57.4 Å². The van der Waals surface area contributed by atoms with Gasteiger partial charge in [-0.15, -0.1) is 0 Å². The van der Waals surface area contributed by atoms with Gasteiger partial charge in [0.2, 0.25) is 0 Å². The number of rotatable bonds is 11. The molecule has 5 fully saturated rings. The first-order valence-corrected chi connectivity index (χ1v) is 21.0. The van der Waals surface area contributed by atoms with Gasteiger partial charge in [0.25, 0.3) is 0 Å². The van der Waals surface area contributed by atoms with E-state index in [9.17, 15) is 4.79 Å². The number of aryl methyl sites for hydroxylation is 1. The van der Waals surface area contributed by atoms with Crippen LogP contribution in [-0.2, 0) is 15.9 Å². The van der Waals surface area contributed by atoms with E-state index in [1.165, 1.54) is 75.5 Å². The van der Waals surface area contributed by atoms with Gasteiger partial charge in [0.15, 0.2) is 0 Å². The molecular weight excluding hydrogens is 645 g/mol. The number of hydrogen-bond acceptors (Lipinski definition) is 6. The largest absolute Gasteiger partial charge is 0.490 e. The molecule has 9 unspecified atom stereocenters. The summed E-state index contributed by atoms with van der Waals surface area (Å²) in [4.78, 5) is 18.2. The molecule has 4 aliphatic carbocycles. The first kappa shape index (κ1) is 35.9. The number of carbonyl (C=O) groups is 1. The number of esters is 1. The maximum Gasteiger partial charge on any atom is 0.343 e. The van der Waals surface area contributed by atoms with E-state index >= 15 is 0 Å². The summed E-state index contributed by atoms with van der Waals surface area (Å²) in [7, 11) is 1.95. The minimum atomic E-state index is -0.299. The van der Waals surface area contributed by atoms with Gasteiger partial charge in [-0.3, -0.25) is 4.90 Å². The number of allylic oxidation sites excluding steroid dienone is 3. The fourth-order valence-corrected chi connectivity index (χ4v) is 11.6. The summed E-state index contributed by atoms with van der Waals surface area (Å²) in [5.41, 5.74) is 4.70. The molecule has 8 rings (SSSR count). The lowest BCUT2D eigenvalue weighted by Gasteiger charge is -2.56. The standard InChI is InChI=1S/C46H62N2O4/c1-4-6-7-8-11-31-14-16-32(17-15-31)46(49)52-36-20-18-34(19-21-36)47-24-26-48(27-25-47)42-29-40-41(30-43(42)50-3)45-38(23-22-35(5-2)51-45)39-28-33-12-9-10-13-37(33)44(39)40/h14-23,33,37,39-45H,4-13,24-30H2,1-3H3. The maximum absolute atomic E-state index is 12.9. The highest BCUT2D eigenvalue weighted by molar-refractivity contribution is 5.91. The van der Waals surface area contributed by atoms with Gasteiger partial charge in [0.1, 0.15) is 11.9 Å². The molecule has 52 heavy (non-hydrogen) atoms. The van der Waals surface area contributed by atoms with Crippen LogP contribution >= 0.6 is 0 Å². The number of fused-ring (bicyclic) bond motifs is 8. The van der Waals surface area contributed by atoms with Crippen molar-refractivity contribution in [1.29, 1.82) is 0 Å². The molecular formula is C46H62N2O4. The van der Waals surface area contributed by atoms with E-state index < -0.39 is 0 Å². The Morgan fingerprint density at radius 3 is 2.37 bits per heavy atom. The van der Waals surface area contributed by atoms with Gasteiger partial charge in [0.05, 0.1) is 17.4 Å². The summed E-state index contributed by atoms with van der Waals surface area (Å²) < 4.78 is 19.0. The molecule has 0 bridgehead atoms. The van der Waals surface area contributed by atoms with E-state index in [1.54, 1.807) is 5.57 Å². The molecule has 6 heteroatoms. The molecule has 0 spiro atoms. The van der Waals surface area contributed by atoms with Crippen molar-refractivity contribution in [2.24, 2.45) is 35.5 Å². The molecule has 2 heterocycles. The Hall–Kier alpha value is -3.09. The van der Waals surface area contributed by atoms with E-state index in [2.05, 4.69) is 60.1 Å². The molecule has 9 atom stereocenters. The van der Waals surface area contributed by atoms with E-state index in [-0.39, 0.29) is 18.2 Å². The number of anilines is 1. The van der Waals surface area contributed by atoms with Crippen molar-refractivity contribution in [3.63, 3.8) is 0 Å². The molecule has 6 aliphatic rings. The summed E-state index contributed by atoms with van der Waals surface area (Å²) in [6.07, 6.45) is 21.7. The summed E-state index contributed by atoms with van der Waals surface area (Å²) in [5, 5.41) is 0. The zero-order chi connectivity index (χ0) is 35.6. The van der Waals surface area contributed by atoms with Gasteiger partial charge >= 0.3 is 5.97 Å². The molecule has 1 saturated heterocycles. The number of benzene rings is 2. The van der Waals surface area contributed by atoms with Crippen LogP contribution in [0.1, 0.15) is 107 Å². The third kappa shape index (κ3) is 7.23. The van der Waals surface area contributed by atoms with Crippen molar-refractivity contribution in [1.82, 2.24) is 4.90 Å². The Morgan fingerprint density at radius 2 is 1.62 bits per heavy atom. The average Bonchev–Trinajstić information content (AvgIpc) is 3.59. The molecule has 2 aromatic carbocycles. The molecule has 0 N–H and O–H groups in total. The predicted molar refractivity (Wildman–Crippen MR) is 209 cm³/mol. The molecule has 6 nitrogen and oxygen atoms in total. The van der Waals surface area contributed by atoms with Crippen molar-refractivity contribution in [3.05, 3.63) is 83.1 Å². The van der Waals surface area contributed by atoms with Crippen LogP contribution in [0.5, 0.6) is 5.75 Å². The SMILES string of the molecule is CCCCCCc1ccc(C(=O)Oc2ccc(N3CCN(C4CC5C(CC4OC)C4OC(CC)=CC=C4C4CC6CCCCC6C45)CC3)cc2)cc1. The topological polar surface area (TPSA) is 51.2 Å². The molecule has 2 aliphatic heterocycles. The zero-order valence-electron chi connectivity index (χ0n) is 32.0. The highest BCUT2D eigenvalue weighted by Crippen LogP contribution is 2.63. The van der Waals surface area contributed by atoms with E-state index in [1.807, 2.05) is 31.4 Å². The van der Waals surface area contributed by atoms with Gasteiger partial charge in [-0.25, -0.2) is 4.79 Å². The molecule has 2 aromatic rings. The third-order valence-electron chi connectivity index (χ3n) is 14.2. The monoisotopic (exact) mass is 706 g/mol. The van der Waals surface area contributed by atoms with Crippen LogP contribution < -0.4 is 9.64 Å².